The average molecular weight is 503 g/mol. The van der Waals surface area contributed by atoms with Gasteiger partial charge in [0.15, 0.2) is 11.5 Å². The fraction of sp³-hybridized carbons (Fsp3) is 0.227. The van der Waals surface area contributed by atoms with Crippen molar-refractivity contribution in [2.24, 2.45) is 0 Å². The van der Waals surface area contributed by atoms with Gasteiger partial charge in [-0.3, -0.25) is 4.79 Å². The summed E-state index contributed by atoms with van der Waals surface area (Å²) in [5.74, 6) is 2.27. The number of aromatic nitrogens is 2. The molecule has 168 valence electrons. The minimum atomic E-state index is -0.299. The maximum Gasteiger partial charge on any atom is 0.254 e. The Morgan fingerprint density at radius 1 is 1.03 bits per heavy atom. The number of anilines is 2. The van der Waals surface area contributed by atoms with Crippen molar-refractivity contribution in [3.05, 3.63) is 52.1 Å². The molecule has 1 aromatic heterocycles. The van der Waals surface area contributed by atoms with E-state index in [0.29, 0.717) is 38.9 Å². The molecule has 32 heavy (non-hydrogen) atoms. The molecule has 0 aliphatic heterocycles. The van der Waals surface area contributed by atoms with E-state index in [-0.39, 0.29) is 17.5 Å². The molecule has 0 aliphatic rings. The van der Waals surface area contributed by atoms with E-state index in [1.807, 2.05) is 13.0 Å². The van der Waals surface area contributed by atoms with Gasteiger partial charge in [-0.2, -0.15) is 4.98 Å². The molecule has 0 aliphatic carbocycles. The Bertz CT molecular complexity index is 1140. The van der Waals surface area contributed by atoms with Crippen LogP contribution in [0.25, 0.3) is 0 Å². The number of benzene rings is 2. The number of methoxy groups -OCH3 is 3. The summed E-state index contributed by atoms with van der Waals surface area (Å²) in [5.41, 5.74) is 1.93. The third-order valence-electron chi connectivity index (χ3n) is 4.50. The van der Waals surface area contributed by atoms with E-state index in [1.165, 1.54) is 7.11 Å². The SMILES string of the molecule is CNC(=O)c1ccc(OC)cc1Oc1nc(Nc2cc(C)c(OC)c(OC)c2)ncc1Br. The van der Waals surface area contributed by atoms with Crippen molar-refractivity contribution >= 4 is 33.5 Å². The molecule has 0 spiro atoms. The largest absolute Gasteiger partial charge is 0.497 e. The summed E-state index contributed by atoms with van der Waals surface area (Å²) in [7, 11) is 6.24. The highest BCUT2D eigenvalue weighted by atomic mass is 79.9. The molecule has 2 N–H and O–H groups in total. The maximum absolute atomic E-state index is 12.3. The molecule has 3 aromatic rings. The molecule has 3 rings (SSSR count). The van der Waals surface area contributed by atoms with E-state index >= 15 is 0 Å². The molecule has 10 heteroatoms. The Morgan fingerprint density at radius 3 is 2.47 bits per heavy atom. The van der Waals surface area contributed by atoms with E-state index in [2.05, 4.69) is 36.5 Å². The van der Waals surface area contributed by atoms with Crippen LogP contribution in [0.3, 0.4) is 0 Å². The minimum absolute atomic E-state index is 0.220. The van der Waals surface area contributed by atoms with E-state index in [4.69, 9.17) is 18.9 Å². The molecule has 2 aromatic carbocycles. The number of nitrogens with zero attached hydrogens (tertiary/aromatic N) is 2. The van der Waals surface area contributed by atoms with Crippen LogP contribution in [0.5, 0.6) is 28.9 Å². The molecule has 0 saturated heterocycles. The van der Waals surface area contributed by atoms with Crippen molar-refractivity contribution in [3.63, 3.8) is 0 Å². The standard InChI is InChI=1S/C22H23BrN4O5/c1-12-8-13(9-18(30-4)19(12)31-5)26-22-25-11-16(23)21(27-22)32-17-10-14(29-3)6-7-15(17)20(28)24-2/h6-11H,1-5H3,(H,24,28)(H,25,26,27). The lowest BCUT2D eigenvalue weighted by atomic mass is 10.2. The molecule has 1 amide bonds. The van der Waals surface area contributed by atoms with Crippen molar-refractivity contribution in [1.82, 2.24) is 15.3 Å². The van der Waals surface area contributed by atoms with Crippen LogP contribution in [-0.4, -0.2) is 44.3 Å². The van der Waals surface area contributed by atoms with Crippen molar-refractivity contribution in [2.45, 2.75) is 6.92 Å². The molecule has 0 saturated carbocycles. The first-order chi connectivity index (χ1) is 15.4. The van der Waals surface area contributed by atoms with Gasteiger partial charge in [-0.15, -0.1) is 0 Å². The number of carbonyl (C=O) groups excluding carboxylic acids is 1. The highest BCUT2D eigenvalue weighted by Gasteiger charge is 2.17. The minimum Gasteiger partial charge on any atom is -0.497 e. The van der Waals surface area contributed by atoms with Gasteiger partial charge in [0.1, 0.15) is 11.5 Å². The van der Waals surface area contributed by atoms with E-state index in [0.717, 1.165) is 5.56 Å². The molecule has 0 atom stereocenters. The van der Waals surface area contributed by atoms with Gasteiger partial charge in [-0.25, -0.2) is 4.98 Å². The first-order valence-electron chi connectivity index (χ1n) is 9.50. The molecule has 0 bridgehead atoms. The summed E-state index contributed by atoms with van der Waals surface area (Å²) in [4.78, 5) is 21.0. The number of hydrogen-bond acceptors (Lipinski definition) is 8. The van der Waals surface area contributed by atoms with Gasteiger partial charge in [0, 0.05) is 24.9 Å². The highest BCUT2D eigenvalue weighted by molar-refractivity contribution is 9.10. The lowest BCUT2D eigenvalue weighted by molar-refractivity contribution is 0.0960. The lowest BCUT2D eigenvalue weighted by Gasteiger charge is -2.15. The third kappa shape index (κ3) is 5.02. The van der Waals surface area contributed by atoms with Gasteiger partial charge in [0.25, 0.3) is 5.91 Å². The van der Waals surface area contributed by atoms with Crippen LogP contribution >= 0.6 is 15.9 Å². The van der Waals surface area contributed by atoms with E-state index < -0.39 is 0 Å². The van der Waals surface area contributed by atoms with Crippen LogP contribution in [0, 0.1) is 6.92 Å². The Balaban J connectivity index is 1.94. The second-order valence-electron chi connectivity index (χ2n) is 6.54. The smallest absolute Gasteiger partial charge is 0.254 e. The Labute approximate surface area is 194 Å². The van der Waals surface area contributed by atoms with Gasteiger partial charge >= 0.3 is 0 Å². The zero-order valence-electron chi connectivity index (χ0n) is 18.3. The zero-order chi connectivity index (χ0) is 23.3. The van der Waals surface area contributed by atoms with Crippen LogP contribution < -0.4 is 29.6 Å². The number of carbonyl (C=O) groups is 1. The normalized spacial score (nSPS) is 10.3. The molecular weight excluding hydrogens is 480 g/mol. The lowest BCUT2D eigenvalue weighted by Crippen LogP contribution is -2.18. The number of hydrogen-bond donors (Lipinski definition) is 2. The summed E-state index contributed by atoms with van der Waals surface area (Å²) in [6.45, 7) is 1.91. The number of aryl methyl sites for hydroxylation is 1. The predicted molar refractivity (Wildman–Crippen MR) is 124 cm³/mol. The van der Waals surface area contributed by atoms with Gasteiger partial charge in [0.05, 0.1) is 37.6 Å². The van der Waals surface area contributed by atoms with Crippen molar-refractivity contribution in [2.75, 3.05) is 33.7 Å². The third-order valence-corrected chi connectivity index (χ3v) is 5.04. The number of halogens is 1. The molecule has 0 fully saturated rings. The number of rotatable bonds is 8. The van der Waals surface area contributed by atoms with Crippen LogP contribution in [0.15, 0.2) is 41.0 Å². The Kier molecular flexibility index (Phi) is 7.37. The number of ether oxygens (including phenoxy) is 4. The second-order valence-corrected chi connectivity index (χ2v) is 7.40. The van der Waals surface area contributed by atoms with Gasteiger partial charge in [-0.05, 0) is 46.6 Å². The first kappa shape index (κ1) is 23.1. The van der Waals surface area contributed by atoms with Crippen LogP contribution in [0.2, 0.25) is 0 Å². The molecule has 0 radical (unpaired) electrons. The fourth-order valence-electron chi connectivity index (χ4n) is 2.98. The predicted octanol–water partition coefficient (Wildman–Crippen LogP) is 4.47. The van der Waals surface area contributed by atoms with Gasteiger partial charge in [-0.1, -0.05) is 0 Å². The number of nitrogens with one attached hydrogen (secondary N) is 2. The highest BCUT2D eigenvalue weighted by Crippen LogP contribution is 2.36. The first-order valence-corrected chi connectivity index (χ1v) is 10.3. The summed E-state index contributed by atoms with van der Waals surface area (Å²) in [5, 5.41) is 5.72. The van der Waals surface area contributed by atoms with Crippen LogP contribution in [0.1, 0.15) is 15.9 Å². The topological polar surface area (TPSA) is 104 Å². The number of amides is 1. The molecule has 9 nitrogen and oxygen atoms in total. The zero-order valence-corrected chi connectivity index (χ0v) is 19.9. The van der Waals surface area contributed by atoms with E-state index in [9.17, 15) is 4.79 Å². The molecular formula is C22H23BrN4O5. The van der Waals surface area contributed by atoms with Gasteiger partial charge < -0.3 is 29.6 Å². The van der Waals surface area contributed by atoms with Crippen molar-refractivity contribution in [3.8, 4) is 28.9 Å². The van der Waals surface area contributed by atoms with Crippen molar-refractivity contribution in [1.29, 1.82) is 0 Å². The van der Waals surface area contributed by atoms with Crippen molar-refractivity contribution < 1.29 is 23.7 Å². The summed E-state index contributed by atoms with van der Waals surface area (Å²) >= 11 is 3.39. The summed E-state index contributed by atoms with van der Waals surface area (Å²) in [6, 6.07) is 8.58. The Morgan fingerprint density at radius 2 is 1.81 bits per heavy atom. The van der Waals surface area contributed by atoms with Crippen LogP contribution in [0.4, 0.5) is 11.6 Å². The van der Waals surface area contributed by atoms with E-state index in [1.54, 1.807) is 51.7 Å². The average Bonchev–Trinajstić information content (AvgIpc) is 2.80. The quantitative estimate of drug-likeness (QED) is 0.464. The van der Waals surface area contributed by atoms with Crippen LogP contribution in [-0.2, 0) is 0 Å². The molecule has 0 unspecified atom stereocenters. The summed E-state index contributed by atoms with van der Waals surface area (Å²) < 4.78 is 22.5. The maximum atomic E-state index is 12.3. The molecule has 1 heterocycles. The monoisotopic (exact) mass is 502 g/mol. The second kappa shape index (κ2) is 10.2. The van der Waals surface area contributed by atoms with Gasteiger partial charge in [0.2, 0.25) is 11.8 Å². The summed E-state index contributed by atoms with van der Waals surface area (Å²) in [6.07, 6.45) is 1.55. The Hall–Kier alpha value is -3.53. The fourth-order valence-corrected chi connectivity index (χ4v) is 3.25.